The fourth-order valence-corrected chi connectivity index (χ4v) is 2.88. The van der Waals surface area contributed by atoms with Crippen molar-refractivity contribution in [3.05, 3.63) is 0 Å². The Morgan fingerprint density at radius 2 is 1.75 bits per heavy atom. The van der Waals surface area contributed by atoms with E-state index in [1.165, 1.54) is 25.7 Å². The molecule has 2 saturated heterocycles. The Morgan fingerprint density at radius 3 is 2.44 bits per heavy atom. The number of carboxylic acid groups (broad SMARTS) is 1. The summed E-state index contributed by atoms with van der Waals surface area (Å²) in [7, 11) is 0. The van der Waals surface area contributed by atoms with Crippen molar-refractivity contribution in [2.24, 2.45) is 0 Å². The fourth-order valence-electron chi connectivity index (χ4n) is 2.88. The summed E-state index contributed by atoms with van der Waals surface area (Å²) in [6, 6.07) is 0.240. The summed E-state index contributed by atoms with van der Waals surface area (Å²) in [5, 5.41) is 9.15. The van der Waals surface area contributed by atoms with Crippen LogP contribution in [0.4, 0.5) is 4.79 Å². The molecule has 0 aromatic carbocycles. The molecule has 2 fully saturated rings. The van der Waals surface area contributed by atoms with Crippen LogP contribution in [0.5, 0.6) is 0 Å². The van der Waals surface area contributed by atoms with Gasteiger partial charge in [0.1, 0.15) is 0 Å². The third kappa shape index (κ3) is 2.88. The molecule has 2 aliphatic heterocycles. The first-order valence-electron chi connectivity index (χ1n) is 6.49. The maximum atomic E-state index is 11.1. The number of amides is 1. The van der Waals surface area contributed by atoms with Crippen LogP contribution in [0.1, 0.15) is 38.5 Å². The van der Waals surface area contributed by atoms with E-state index < -0.39 is 6.09 Å². The van der Waals surface area contributed by atoms with E-state index in [4.69, 9.17) is 5.11 Å². The Kier molecular flexibility index (Phi) is 4.04. The van der Waals surface area contributed by atoms with E-state index in [1.54, 1.807) is 4.90 Å². The molecule has 4 heteroatoms. The van der Waals surface area contributed by atoms with E-state index in [-0.39, 0.29) is 6.04 Å². The van der Waals surface area contributed by atoms with Gasteiger partial charge in [0.2, 0.25) is 0 Å². The van der Waals surface area contributed by atoms with Crippen LogP contribution in [0.15, 0.2) is 0 Å². The molecule has 0 aliphatic carbocycles. The van der Waals surface area contributed by atoms with Crippen molar-refractivity contribution in [1.29, 1.82) is 0 Å². The minimum absolute atomic E-state index is 0.240. The number of hydrogen-bond donors (Lipinski definition) is 1. The van der Waals surface area contributed by atoms with Crippen LogP contribution in [0.3, 0.4) is 0 Å². The second-order valence-corrected chi connectivity index (χ2v) is 4.99. The third-order valence-corrected chi connectivity index (χ3v) is 3.79. The summed E-state index contributed by atoms with van der Waals surface area (Å²) < 4.78 is 0. The van der Waals surface area contributed by atoms with Gasteiger partial charge < -0.3 is 14.9 Å². The molecule has 0 radical (unpaired) electrons. The van der Waals surface area contributed by atoms with Crippen LogP contribution in [-0.4, -0.2) is 53.2 Å². The number of nitrogens with zero attached hydrogens (tertiary/aromatic N) is 2. The van der Waals surface area contributed by atoms with Gasteiger partial charge in [0.15, 0.2) is 0 Å². The highest BCUT2D eigenvalue weighted by Crippen LogP contribution is 2.19. The van der Waals surface area contributed by atoms with Gasteiger partial charge >= 0.3 is 6.09 Å². The molecule has 0 aromatic rings. The number of hydrogen-bond acceptors (Lipinski definition) is 2. The molecule has 2 aliphatic rings. The predicted octanol–water partition coefficient (Wildman–Crippen LogP) is 2.00. The van der Waals surface area contributed by atoms with Gasteiger partial charge in [-0.05, 0) is 45.2 Å². The molecule has 1 atom stereocenters. The molecular formula is C12H22N2O2. The smallest absolute Gasteiger partial charge is 0.407 e. The van der Waals surface area contributed by atoms with Crippen molar-refractivity contribution < 1.29 is 9.90 Å². The van der Waals surface area contributed by atoms with Gasteiger partial charge in [-0.2, -0.15) is 0 Å². The molecule has 0 bridgehead atoms. The maximum absolute atomic E-state index is 11.1. The van der Waals surface area contributed by atoms with Crippen molar-refractivity contribution in [3.63, 3.8) is 0 Å². The average Bonchev–Trinajstić information content (AvgIpc) is 2.31. The van der Waals surface area contributed by atoms with Crippen molar-refractivity contribution >= 4 is 6.09 Å². The van der Waals surface area contributed by atoms with Gasteiger partial charge in [-0.15, -0.1) is 0 Å². The van der Waals surface area contributed by atoms with Gasteiger partial charge in [-0.25, -0.2) is 4.79 Å². The van der Waals surface area contributed by atoms with Crippen LogP contribution in [-0.2, 0) is 0 Å². The van der Waals surface area contributed by atoms with Gasteiger partial charge in [-0.3, -0.25) is 0 Å². The molecule has 4 nitrogen and oxygen atoms in total. The van der Waals surface area contributed by atoms with Gasteiger partial charge in [0, 0.05) is 19.1 Å². The SMILES string of the molecule is O=C(O)N1CCCCC1CN1CCCCC1. The standard InChI is InChI=1S/C12H22N2O2/c15-12(16)14-9-5-2-6-11(14)10-13-7-3-1-4-8-13/h11H,1-10H2,(H,15,16). The van der Waals surface area contributed by atoms with Gasteiger partial charge in [0.05, 0.1) is 0 Å². The molecule has 1 N–H and O–H groups in total. The highest BCUT2D eigenvalue weighted by atomic mass is 16.4. The Labute approximate surface area is 97.2 Å². The first kappa shape index (κ1) is 11.7. The lowest BCUT2D eigenvalue weighted by Crippen LogP contribution is -2.49. The molecule has 2 rings (SSSR count). The molecule has 92 valence electrons. The minimum Gasteiger partial charge on any atom is -0.465 e. The maximum Gasteiger partial charge on any atom is 0.407 e. The highest BCUT2D eigenvalue weighted by molar-refractivity contribution is 5.65. The lowest BCUT2D eigenvalue weighted by Gasteiger charge is -2.38. The lowest BCUT2D eigenvalue weighted by atomic mass is 10.0. The van der Waals surface area contributed by atoms with E-state index in [2.05, 4.69) is 4.90 Å². The second kappa shape index (κ2) is 5.53. The molecule has 1 unspecified atom stereocenters. The summed E-state index contributed by atoms with van der Waals surface area (Å²) in [5.41, 5.74) is 0. The number of carbonyl (C=O) groups is 1. The zero-order chi connectivity index (χ0) is 11.4. The van der Waals surface area contributed by atoms with Crippen molar-refractivity contribution in [1.82, 2.24) is 9.80 Å². The molecule has 2 heterocycles. The van der Waals surface area contributed by atoms with Crippen LogP contribution in [0.25, 0.3) is 0 Å². The number of piperidine rings is 2. The molecule has 16 heavy (non-hydrogen) atoms. The van der Waals surface area contributed by atoms with Crippen molar-refractivity contribution in [3.8, 4) is 0 Å². The second-order valence-electron chi connectivity index (χ2n) is 4.99. The summed E-state index contributed by atoms with van der Waals surface area (Å²) in [6.45, 7) is 3.99. The average molecular weight is 226 g/mol. The Balaban J connectivity index is 1.87. The molecule has 0 aromatic heterocycles. The van der Waals surface area contributed by atoms with E-state index >= 15 is 0 Å². The van der Waals surface area contributed by atoms with Crippen LogP contribution >= 0.6 is 0 Å². The van der Waals surface area contributed by atoms with Gasteiger partial charge in [0.25, 0.3) is 0 Å². The first-order valence-corrected chi connectivity index (χ1v) is 6.49. The monoisotopic (exact) mass is 226 g/mol. The Morgan fingerprint density at radius 1 is 1.06 bits per heavy atom. The number of likely N-dealkylation sites (tertiary alicyclic amines) is 2. The fraction of sp³-hybridized carbons (Fsp3) is 0.917. The third-order valence-electron chi connectivity index (χ3n) is 3.79. The van der Waals surface area contributed by atoms with E-state index in [0.29, 0.717) is 0 Å². The quantitative estimate of drug-likeness (QED) is 0.783. The summed E-state index contributed by atoms with van der Waals surface area (Å²) in [6.07, 6.45) is 6.42. The molecule has 0 saturated carbocycles. The zero-order valence-corrected chi connectivity index (χ0v) is 9.90. The zero-order valence-electron chi connectivity index (χ0n) is 9.90. The van der Waals surface area contributed by atoms with E-state index in [1.807, 2.05) is 0 Å². The van der Waals surface area contributed by atoms with Crippen LogP contribution in [0.2, 0.25) is 0 Å². The normalized spacial score (nSPS) is 28.0. The molecular weight excluding hydrogens is 204 g/mol. The Hall–Kier alpha value is -0.770. The van der Waals surface area contributed by atoms with Crippen LogP contribution in [0, 0.1) is 0 Å². The van der Waals surface area contributed by atoms with E-state index in [0.717, 1.165) is 39.0 Å². The largest absolute Gasteiger partial charge is 0.465 e. The van der Waals surface area contributed by atoms with Crippen molar-refractivity contribution in [2.75, 3.05) is 26.2 Å². The minimum atomic E-state index is -0.735. The lowest BCUT2D eigenvalue weighted by molar-refractivity contribution is 0.0822. The number of rotatable bonds is 2. The molecule has 1 amide bonds. The Bertz CT molecular complexity index is 239. The van der Waals surface area contributed by atoms with E-state index in [9.17, 15) is 4.79 Å². The topological polar surface area (TPSA) is 43.8 Å². The summed E-state index contributed by atoms with van der Waals surface area (Å²) >= 11 is 0. The highest BCUT2D eigenvalue weighted by Gasteiger charge is 2.28. The summed E-state index contributed by atoms with van der Waals surface area (Å²) in [5.74, 6) is 0. The van der Waals surface area contributed by atoms with Gasteiger partial charge in [-0.1, -0.05) is 6.42 Å². The molecule has 0 spiro atoms. The van der Waals surface area contributed by atoms with Crippen LogP contribution < -0.4 is 0 Å². The van der Waals surface area contributed by atoms with Crippen molar-refractivity contribution in [2.45, 2.75) is 44.6 Å². The predicted molar refractivity (Wildman–Crippen MR) is 62.7 cm³/mol. The summed E-state index contributed by atoms with van der Waals surface area (Å²) in [4.78, 5) is 15.2. The first-order chi connectivity index (χ1) is 7.77.